The maximum absolute atomic E-state index is 14.3. The molecule has 2 aromatic heterocycles. The zero-order valence-electron chi connectivity index (χ0n) is 20.4. The summed E-state index contributed by atoms with van der Waals surface area (Å²) in [5, 5.41) is 6.13. The number of ether oxygens (including phenoxy) is 1. The van der Waals surface area contributed by atoms with Gasteiger partial charge in [-0.2, -0.15) is 0 Å². The molecule has 4 heterocycles. The molecule has 2 amide bonds. The summed E-state index contributed by atoms with van der Waals surface area (Å²) in [5.41, 5.74) is 3.91. The zero-order valence-corrected chi connectivity index (χ0v) is 20.4. The van der Waals surface area contributed by atoms with Crippen molar-refractivity contribution in [1.82, 2.24) is 20.2 Å². The second-order valence-corrected chi connectivity index (χ2v) is 9.15. The molecule has 1 atom stereocenters. The molecule has 0 aliphatic carbocycles. The molecule has 192 valence electrons. The third-order valence-electron chi connectivity index (χ3n) is 6.85. The molecule has 0 radical (unpaired) electrons. The predicted octanol–water partition coefficient (Wildman–Crippen LogP) is 4.41. The van der Waals surface area contributed by atoms with Crippen LogP contribution in [0.5, 0.6) is 5.75 Å². The van der Waals surface area contributed by atoms with Crippen molar-refractivity contribution < 1.29 is 23.1 Å². The van der Waals surface area contributed by atoms with E-state index in [1.54, 1.807) is 37.5 Å². The second kappa shape index (κ2) is 10.0. The largest absolute Gasteiger partial charge is 0.489 e. The van der Waals surface area contributed by atoms with E-state index >= 15 is 0 Å². The highest BCUT2D eigenvalue weighted by Gasteiger charge is 2.32. The summed E-state index contributed by atoms with van der Waals surface area (Å²) in [7, 11) is 0. The van der Waals surface area contributed by atoms with E-state index in [2.05, 4.69) is 27.2 Å². The Bertz CT molecular complexity index is 1390. The molecule has 1 saturated heterocycles. The van der Waals surface area contributed by atoms with Crippen LogP contribution in [0.15, 0.2) is 49.1 Å². The molecule has 5 rings (SSSR count). The number of anilines is 2. The third-order valence-corrected chi connectivity index (χ3v) is 6.85. The van der Waals surface area contributed by atoms with Crippen LogP contribution in [0.4, 0.5) is 20.2 Å². The molecule has 37 heavy (non-hydrogen) atoms. The predicted molar refractivity (Wildman–Crippen MR) is 135 cm³/mol. The average Bonchev–Trinajstić information content (AvgIpc) is 3.50. The first-order valence-corrected chi connectivity index (χ1v) is 12.1. The normalized spacial score (nSPS) is 16.8. The van der Waals surface area contributed by atoms with Crippen molar-refractivity contribution in [1.29, 1.82) is 0 Å². The van der Waals surface area contributed by atoms with Gasteiger partial charge >= 0.3 is 0 Å². The number of amides is 2. The van der Waals surface area contributed by atoms with Crippen LogP contribution in [0, 0.1) is 12.7 Å². The Kier molecular flexibility index (Phi) is 6.64. The van der Waals surface area contributed by atoms with E-state index in [1.165, 1.54) is 11.0 Å². The number of carbonyl (C=O) groups excluding carboxylic acids is 2. The van der Waals surface area contributed by atoms with Gasteiger partial charge in [0.1, 0.15) is 18.2 Å². The van der Waals surface area contributed by atoms with Gasteiger partial charge in [-0.15, -0.1) is 0 Å². The number of aromatic amines is 1. The van der Waals surface area contributed by atoms with Crippen LogP contribution in [0.3, 0.4) is 0 Å². The Morgan fingerprint density at radius 2 is 2.19 bits per heavy atom. The van der Waals surface area contributed by atoms with Crippen molar-refractivity contribution in [3.63, 3.8) is 0 Å². The Balaban J connectivity index is 1.51. The summed E-state index contributed by atoms with van der Waals surface area (Å²) in [4.78, 5) is 34.0. The molecule has 0 bridgehead atoms. The number of aromatic nitrogens is 2. The molecule has 1 aromatic carbocycles. The SMILES string of the molecule is C=C(F)C(=O)N1CCC[C@H]1COc1cnccc1-c1[nH]c2c(c1Nc1cccc(F)c1C)C(=O)NCC2. The summed E-state index contributed by atoms with van der Waals surface area (Å²) in [6.07, 6.45) is 5.19. The van der Waals surface area contributed by atoms with Crippen LogP contribution in [0.25, 0.3) is 11.3 Å². The maximum atomic E-state index is 14.3. The van der Waals surface area contributed by atoms with Crippen LogP contribution in [0.2, 0.25) is 0 Å². The van der Waals surface area contributed by atoms with Gasteiger partial charge in [-0.25, -0.2) is 8.78 Å². The maximum Gasteiger partial charge on any atom is 0.282 e. The highest BCUT2D eigenvalue weighted by Crippen LogP contribution is 2.41. The Hall–Kier alpha value is -4.21. The monoisotopic (exact) mass is 507 g/mol. The first kappa shape index (κ1) is 24.5. The van der Waals surface area contributed by atoms with E-state index in [0.29, 0.717) is 65.4 Å². The van der Waals surface area contributed by atoms with Gasteiger partial charge in [-0.3, -0.25) is 14.6 Å². The lowest BCUT2D eigenvalue weighted by atomic mass is 10.0. The number of carbonyl (C=O) groups is 2. The summed E-state index contributed by atoms with van der Waals surface area (Å²) in [6, 6.07) is 6.19. The fourth-order valence-corrected chi connectivity index (χ4v) is 4.90. The minimum absolute atomic E-state index is 0.143. The molecule has 0 spiro atoms. The number of likely N-dealkylation sites (tertiary alicyclic amines) is 1. The van der Waals surface area contributed by atoms with Crippen LogP contribution in [-0.2, 0) is 11.2 Å². The lowest BCUT2D eigenvalue weighted by Crippen LogP contribution is -2.39. The number of H-pyrrole nitrogens is 1. The van der Waals surface area contributed by atoms with Crippen LogP contribution >= 0.6 is 0 Å². The van der Waals surface area contributed by atoms with E-state index < -0.39 is 11.7 Å². The highest BCUT2D eigenvalue weighted by molar-refractivity contribution is 6.06. The topological polar surface area (TPSA) is 99.3 Å². The van der Waals surface area contributed by atoms with Gasteiger partial charge in [-0.05, 0) is 38.0 Å². The molecule has 10 heteroatoms. The Labute approximate surface area is 212 Å². The van der Waals surface area contributed by atoms with Crippen molar-refractivity contribution in [2.45, 2.75) is 32.2 Å². The number of nitrogens with zero attached hydrogens (tertiary/aromatic N) is 2. The van der Waals surface area contributed by atoms with Gasteiger partial charge in [-0.1, -0.05) is 12.6 Å². The molecular formula is C27H27F2N5O3. The Morgan fingerprint density at radius 3 is 3.00 bits per heavy atom. The molecule has 0 unspecified atom stereocenters. The van der Waals surface area contributed by atoms with Gasteiger partial charge in [0, 0.05) is 48.2 Å². The first-order valence-electron chi connectivity index (χ1n) is 12.1. The van der Waals surface area contributed by atoms with Crippen molar-refractivity contribution in [3.8, 4) is 17.0 Å². The summed E-state index contributed by atoms with van der Waals surface area (Å²) in [5.74, 6) is -1.88. The number of hydrogen-bond acceptors (Lipinski definition) is 5. The van der Waals surface area contributed by atoms with E-state index in [1.807, 2.05) is 0 Å². The summed E-state index contributed by atoms with van der Waals surface area (Å²) >= 11 is 0. The highest BCUT2D eigenvalue weighted by atomic mass is 19.1. The fourth-order valence-electron chi connectivity index (χ4n) is 4.90. The molecule has 2 aliphatic heterocycles. The molecule has 1 fully saturated rings. The van der Waals surface area contributed by atoms with Gasteiger partial charge in [0.25, 0.3) is 11.8 Å². The van der Waals surface area contributed by atoms with Crippen molar-refractivity contribution in [3.05, 3.63) is 71.7 Å². The van der Waals surface area contributed by atoms with Gasteiger partial charge in [0.15, 0.2) is 5.83 Å². The zero-order chi connectivity index (χ0) is 26.1. The number of hydrogen-bond donors (Lipinski definition) is 3. The number of benzene rings is 1. The fraction of sp³-hybridized carbons (Fsp3) is 0.296. The molecule has 0 saturated carbocycles. The Morgan fingerprint density at radius 1 is 1.35 bits per heavy atom. The van der Waals surface area contributed by atoms with E-state index in [-0.39, 0.29) is 24.4 Å². The third kappa shape index (κ3) is 4.66. The van der Waals surface area contributed by atoms with Crippen LogP contribution in [0.1, 0.15) is 34.5 Å². The van der Waals surface area contributed by atoms with Gasteiger partial charge in [0.05, 0.1) is 29.2 Å². The van der Waals surface area contributed by atoms with E-state index in [9.17, 15) is 18.4 Å². The second-order valence-electron chi connectivity index (χ2n) is 9.15. The quantitative estimate of drug-likeness (QED) is 0.412. The average molecular weight is 508 g/mol. The van der Waals surface area contributed by atoms with E-state index in [4.69, 9.17) is 4.74 Å². The lowest BCUT2D eigenvalue weighted by molar-refractivity contribution is -0.129. The standard InChI is InChI=1S/C27H27F2N5O3/c1-15-19(29)6-3-7-20(15)32-25-23-21(9-11-31-26(23)35)33-24(25)18-8-10-30-13-22(18)37-14-17-5-4-12-34(17)27(36)16(2)28/h3,6-8,10,13,17,32-33H,2,4-5,9,11-12,14H2,1H3,(H,31,35)/t17-/m0/s1. The molecule has 3 N–H and O–H groups in total. The minimum atomic E-state index is -0.993. The summed E-state index contributed by atoms with van der Waals surface area (Å²) in [6.45, 7) is 5.87. The molecular weight excluding hydrogens is 480 g/mol. The van der Waals surface area contributed by atoms with Crippen LogP contribution in [-0.4, -0.2) is 52.4 Å². The smallest absolute Gasteiger partial charge is 0.282 e. The van der Waals surface area contributed by atoms with E-state index in [0.717, 1.165) is 12.1 Å². The van der Waals surface area contributed by atoms with Crippen molar-refractivity contribution >= 4 is 23.2 Å². The van der Waals surface area contributed by atoms with Crippen molar-refractivity contribution in [2.24, 2.45) is 0 Å². The van der Waals surface area contributed by atoms with Gasteiger partial charge in [0.2, 0.25) is 0 Å². The number of halogens is 2. The first-order chi connectivity index (χ1) is 17.8. The minimum Gasteiger partial charge on any atom is -0.489 e. The lowest BCUT2D eigenvalue weighted by Gasteiger charge is -2.24. The molecule has 2 aliphatic rings. The molecule has 8 nitrogen and oxygen atoms in total. The van der Waals surface area contributed by atoms with Crippen molar-refractivity contribution in [2.75, 3.05) is 25.0 Å². The van der Waals surface area contributed by atoms with Gasteiger partial charge < -0.3 is 25.3 Å². The molecule has 3 aromatic rings. The van der Waals surface area contributed by atoms with Crippen LogP contribution < -0.4 is 15.4 Å². The number of fused-ring (bicyclic) bond motifs is 1. The number of pyridine rings is 1. The number of nitrogens with one attached hydrogen (secondary N) is 3. The number of rotatable bonds is 7. The summed E-state index contributed by atoms with van der Waals surface area (Å²) < 4.78 is 33.9.